The Labute approximate surface area is 184 Å². The highest BCUT2D eigenvalue weighted by atomic mass is 16.6. The first-order valence-corrected chi connectivity index (χ1v) is 12.0. The van der Waals surface area contributed by atoms with Gasteiger partial charge in [-0.2, -0.15) is 0 Å². The molecule has 0 spiro atoms. The summed E-state index contributed by atoms with van der Waals surface area (Å²) < 4.78 is 8.00. The average Bonchev–Trinajstić information content (AvgIpc) is 3.30. The number of ether oxygens (including phenoxy) is 1. The van der Waals surface area contributed by atoms with E-state index in [4.69, 9.17) is 4.74 Å². The van der Waals surface area contributed by atoms with Gasteiger partial charge in [-0.05, 0) is 83.1 Å². The van der Waals surface area contributed by atoms with Crippen LogP contribution in [0, 0.1) is 11.8 Å². The van der Waals surface area contributed by atoms with Crippen LogP contribution in [0.1, 0.15) is 70.9 Å². The molecule has 2 aromatic rings. The van der Waals surface area contributed by atoms with Gasteiger partial charge in [0.2, 0.25) is 0 Å². The molecule has 2 fully saturated rings. The molecule has 1 N–H and O–H groups in total. The van der Waals surface area contributed by atoms with Crippen LogP contribution in [0.25, 0.3) is 11.0 Å². The number of nitrogens with one attached hydrogen (secondary N) is 1. The number of nitrogens with zero attached hydrogens (tertiary/aromatic N) is 4. The van der Waals surface area contributed by atoms with Crippen LogP contribution in [0.3, 0.4) is 0 Å². The van der Waals surface area contributed by atoms with Crippen LogP contribution in [0.5, 0.6) is 0 Å². The second-order valence-electron chi connectivity index (χ2n) is 10.5. The van der Waals surface area contributed by atoms with Crippen molar-refractivity contribution in [2.45, 2.75) is 77.4 Å². The van der Waals surface area contributed by atoms with Crippen LogP contribution in [0.15, 0.2) is 12.5 Å². The topological polar surface area (TPSA) is 72.3 Å². The fourth-order valence-electron chi connectivity index (χ4n) is 5.80. The number of hydrogen-bond donors (Lipinski definition) is 1. The van der Waals surface area contributed by atoms with Crippen molar-refractivity contribution >= 4 is 22.9 Å². The van der Waals surface area contributed by atoms with Crippen molar-refractivity contribution in [2.24, 2.45) is 11.8 Å². The van der Waals surface area contributed by atoms with Gasteiger partial charge >= 0.3 is 6.09 Å². The Morgan fingerprint density at radius 2 is 1.94 bits per heavy atom. The van der Waals surface area contributed by atoms with Crippen molar-refractivity contribution in [3.05, 3.63) is 18.1 Å². The molecule has 1 amide bonds. The van der Waals surface area contributed by atoms with Crippen LogP contribution in [0.2, 0.25) is 0 Å². The number of carbonyl (C=O) groups is 1. The quantitative estimate of drug-likeness (QED) is 0.750. The summed E-state index contributed by atoms with van der Waals surface area (Å²) in [7, 11) is 0. The van der Waals surface area contributed by atoms with Crippen molar-refractivity contribution < 1.29 is 9.53 Å². The molecule has 2 aromatic heterocycles. The number of piperidine rings is 1. The molecule has 31 heavy (non-hydrogen) atoms. The third-order valence-electron chi connectivity index (χ3n) is 7.30. The molecule has 2 atom stereocenters. The van der Waals surface area contributed by atoms with Crippen LogP contribution in [0.4, 0.5) is 10.6 Å². The normalized spacial score (nSPS) is 24.8. The van der Waals surface area contributed by atoms with Gasteiger partial charge in [0.1, 0.15) is 23.4 Å². The van der Waals surface area contributed by atoms with Gasteiger partial charge in [-0.1, -0.05) is 0 Å². The van der Waals surface area contributed by atoms with Crippen LogP contribution in [-0.4, -0.2) is 50.8 Å². The Kier molecular flexibility index (Phi) is 5.30. The number of likely N-dealkylation sites (tertiary alicyclic amines) is 1. The molecule has 2 aliphatic heterocycles. The van der Waals surface area contributed by atoms with E-state index in [9.17, 15) is 4.79 Å². The first-order chi connectivity index (χ1) is 14.9. The lowest BCUT2D eigenvalue weighted by molar-refractivity contribution is 0.0159. The molecule has 3 aliphatic rings. The van der Waals surface area contributed by atoms with E-state index in [1.165, 1.54) is 30.2 Å². The van der Waals surface area contributed by atoms with E-state index >= 15 is 0 Å². The predicted octanol–water partition coefficient (Wildman–Crippen LogP) is 4.78. The number of carbonyl (C=O) groups excluding carboxylic acids is 1. The lowest BCUT2D eigenvalue weighted by atomic mass is 9.83. The molecule has 1 aliphatic carbocycles. The Morgan fingerprint density at radius 1 is 1.13 bits per heavy atom. The second-order valence-corrected chi connectivity index (χ2v) is 10.5. The van der Waals surface area contributed by atoms with Crippen molar-refractivity contribution in [1.29, 1.82) is 0 Å². The van der Waals surface area contributed by atoms with Gasteiger partial charge < -0.3 is 19.5 Å². The van der Waals surface area contributed by atoms with Gasteiger partial charge in [-0.3, -0.25) is 0 Å². The van der Waals surface area contributed by atoms with E-state index in [1.807, 2.05) is 25.7 Å². The first kappa shape index (κ1) is 20.6. The van der Waals surface area contributed by atoms with E-state index in [1.54, 1.807) is 6.33 Å². The number of aromatic nitrogens is 3. The largest absolute Gasteiger partial charge is 0.444 e. The summed E-state index contributed by atoms with van der Waals surface area (Å²) in [5.74, 6) is 2.44. The summed E-state index contributed by atoms with van der Waals surface area (Å²) >= 11 is 0. The smallest absolute Gasteiger partial charge is 0.410 e. The monoisotopic (exact) mass is 425 g/mol. The molecular formula is C24H35N5O2. The van der Waals surface area contributed by atoms with Gasteiger partial charge in [-0.15, -0.1) is 0 Å². The summed E-state index contributed by atoms with van der Waals surface area (Å²) in [5, 5.41) is 4.70. The minimum absolute atomic E-state index is 0.160. The molecular weight excluding hydrogens is 390 g/mol. The third-order valence-corrected chi connectivity index (χ3v) is 7.30. The maximum atomic E-state index is 12.4. The highest BCUT2D eigenvalue weighted by Crippen LogP contribution is 2.44. The van der Waals surface area contributed by atoms with Crippen molar-refractivity contribution in [3.8, 4) is 0 Å². The maximum Gasteiger partial charge on any atom is 0.410 e. The fourth-order valence-corrected chi connectivity index (χ4v) is 5.80. The second kappa shape index (κ2) is 7.99. The molecule has 5 rings (SSSR count). The standard InChI is InChI=1S/C24H35N5O2/c1-24(2,3)31-23(30)28-11-8-16(9-12-28)17-6-7-19(13-17)29-14-18-5-4-10-25-21-20(18)22(29)27-15-26-21/h14-17,19H,4-13H2,1-3H3,(H,25,26,27). The number of hydrogen-bond acceptors (Lipinski definition) is 5. The minimum Gasteiger partial charge on any atom is -0.444 e. The van der Waals surface area contributed by atoms with Gasteiger partial charge in [0.25, 0.3) is 0 Å². The summed E-state index contributed by atoms with van der Waals surface area (Å²) in [5.41, 5.74) is 2.06. The molecule has 1 saturated heterocycles. The minimum atomic E-state index is -0.426. The number of anilines is 1. The first-order valence-electron chi connectivity index (χ1n) is 12.0. The molecule has 4 heterocycles. The van der Waals surface area contributed by atoms with Gasteiger partial charge in [0, 0.05) is 31.9 Å². The van der Waals surface area contributed by atoms with Gasteiger partial charge in [-0.25, -0.2) is 14.8 Å². The molecule has 0 radical (unpaired) electrons. The van der Waals surface area contributed by atoms with Crippen molar-refractivity contribution in [2.75, 3.05) is 25.0 Å². The van der Waals surface area contributed by atoms with Gasteiger partial charge in [0.05, 0.1) is 5.39 Å². The number of amides is 1. The zero-order valence-corrected chi connectivity index (χ0v) is 19.1. The lowest BCUT2D eigenvalue weighted by Crippen LogP contribution is -2.42. The number of rotatable bonds is 2. The Hall–Kier alpha value is -2.31. The van der Waals surface area contributed by atoms with E-state index in [0.29, 0.717) is 12.0 Å². The van der Waals surface area contributed by atoms with Gasteiger partial charge in [0.15, 0.2) is 0 Å². The highest BCUT2D eigenvalue weighted by molar-refractivity contribution is 5.91. The third kappa shape index (κ3) is 4.11. The fraction of sp³-hybridized carbons (Fsp3) is 0.708. The Balaban J connectivity index is 1.24. The summed E-state index contributed by atoms with van der Waals surface area (Å²) in [6, 6.07) is 0.521. The van der Waals surface area contributed by atoms with Crippen LogP contribution < -0.4 is 5.32 Å². The maximum absolute atomic E-state index is 12.4. The predicted molar refractivity (Wildman–Crippen MR) is 121 cm³/mol. The zero-order valence-electron chi connectivity index (χ0n) is 19.1. The highest BCUT2D eigenvalue weighted by Gasteiger charge is 2.36. The Morgan fingerprint density at radius 3 is 2.71 bits per heavy atom. The summed E-state index contributed by atoms with van der Waals surface area (Å²) in [6.45, 7) is 8.41. The SMILES string of the molecule is CC(C)(C)OC(=O)N1CCC(C2CCC(n3cc4c5c(ncnc53)NCCC4)C2)CC1. The van der Waals surface area contributed by atoms with E-state index in [2.05, 4.69) is 26.0 Å². The van der Waals surface area contributed by atoms with Crippen molar-refractivity contribution in [1.82, 2.24) is 19.4 Å². The zero-order chi connectivity index (χ0) is 21.6. The lowest BCUT2D eigenvalue weighted by Gasteiger charge is -2.35. The Bertz CT molecular complexity index is 955. The summed E-state index contributed by atoms with van der Waals surface area (Å²) in [4.78, 5) is 23.4. The molecule has 2 unspecified atom stereocenters. The van der Waals surface area contributed by atoms with Crippen LogP contribution >= 0.6 is 0 Å². The number of aryl methyl sites for hydroxylation is 1. The molecule has 0 bridgehead atoms. The molecule has 7 nitrogen and oxygen atoms in total. The summed E-state index contributed by atoms with van der Waals surface area (Å²) in [6.07, 6.45) is 12.0. The molecule has 0 aromatic carbocycles. The van der Waals surface area contributed by atoms with E-state index in [-0.39, 0.29) is 6.09 Å². The molecule has 7 heteroatoms. The molecule has 168 valence electrons. The molecule has 1 saturated carbocycles. The van der Waals surface area contributed by atoms with E-state index < -0.39 is 5.60 Å². The van der Waals surface area contributed by atoms with Crippen molar-refractivity contribution in [3.63, 3.8) is 0 Å². The van der Waals surface area contributed by atoms with Crippen LogP contribution in [-0.2, 0) is 11.2 Å². The average molecular weight is 426 g/mol. The van der Waals surface area contributed by atoms with E-state index in [0.717, 1.165) is 62.7 Å².